The molecule has 0 spiro atoms. The maximum Gasteiger partial charge on any atom is 0.349 e. The Morgan fingerprint density at radius 3 is 2.68 bits per heavy atom. The van der Waals surface area contributed by atoms with Crippen molar-refractivity contribution in [2.24, 2.45) is 0 Å². The van der Waals surface area contributed by atoms with E-state index in [-0.39, 0.29) is 6.61 Å². The van der Waals surface area contributed by atoms with Crippen molar-refractivity contribution in [2.75, 3.05) is 19.0 Å². The fraction of sp³-hybridized carbons (Fsp3) is 0.200. The Morgan fingerprint density at radius 1 is 1.32 bits per heavy atom. The Bertz CT molecular complexity index is 699. The lowest BCUT2D eigenvalue weighted by molar-refractivity contribution is -0.119. The van der Waals surface area contributed by atoms with Crippen LogP contribution in [-0.4, -0.2) is 25.6 Å². The summed E-state index contributed by atoms with van der Waals surface area (Å²) in [6.07, 6.45) is 0. The predicted octanol–water partition coefficient (Wildman–Crippen LogP) is 3.51. The zero-order valence-electron chi connectivity index (χ0n) is 12.0. The fourth-order valence-corrected chi connectivity index (χ4v) is 2.79. The Hall–Kier alpha value is -2.05. The van der Waals surface area contributed by atoms with Gasteiger partial charge in [0.2, 0.25) is 0 Å². The molecule has 0 bridgehead atoms. The smallest absolute Gasteiger partial charge is 0.349 e. The van der Waals surface area contributed by atoms with Gasteiger partial charge in [-0.3, -0.25) is 4.79 Å². The number of benzene rings is 1. The third-order valence-corrected chi connectivity index (χ3v) is 4.11. The van der Waals surface area contributed by atoms with Gasteiger partial charge < -0.3 is 14.8 Å². The normalized spacial score (nSPS) is 10.1. The number of esters is 1. The largest absolute Gasteiger partial charge is 0.495 e. The summed E-state index contributed by atoms with van der Waals surface area (Å²) in [7, 11) is 1.51. The summed E-state index contributed by atoms with van der Waals surface area (Å²) in [6, 6.07) is 6.66. The summed E-state index contributed by atoms with van der Waals surface area (Å²) < 4.78 is 10.0. The number of carbonyl (C=O) groups is 2. The Morgan fingerprint density at radius 2 is 2.09 bits per heavy atom. The molecule has 0 radical (unpaired) electrons. The summed E-state index contributed by atoms with van der Waals surface area (Å²) in [5.74, 6) is -0.432. The number of hydrogen-bond donors (Lipinski definition) is 1. The van der Waals surface area contributed by atoms with Crippen molar-refractivity contribution in [3.05, 3.63) is 45.1 Å². The molecule has 0 unspecified atom stereocenters. The Kier molecular flexibility index (Phi) is 5.41. The number of ether oxygens (including phenoxy) is 2. The molecule has 22 heavy (non-hydrogen) atoms. The molecule has 1 amide bonds. The number of rotatable bonds is 5. The maximum absolute atomic E-state index is 11.8. The highest BCUT2D eigenvalue weighted by Gasteiger charge is 2.14. The highest BCUT2D eigenvalue weighted by atomic mass is 35.5. The van der Waals surface area contributed by atoms with Gasteiger partial charge in [-0.15, -0.1) is 11.3 Å². The average molecular weight is 340 g/mol. The van der Waals surface area contributed by atoms with Gasteiger partial charge in [0.25, 0.3) is 5.91 Å². The lowest BCUT2D eigenvalue weighted by atomic mass is 10.3. The number of hydrogen-bond acceptors (Lipinski definition) is 5. The van der Waals surface area contributed by atoms with Crippen molar-refractivity contribution in [1.29, 1.82) is 0 Å². The first kappa shape index (κ1) is 16.3. The number of anilines is 1. The van der Waals surface area contributed by atoms with E-state index in [2.05, 4.69) is 5.32 Å². The van der Waals surface area contributed by atoms with Crippen LogP contribution in [0.25, 0.3) is 0 Å². The zero-order valence-corrected chi connectivity index (χ0v) is 13.6. The van der Waals surface area contributed by atoms with Crippen molar-refractivity contribution in [2.45, 2.75) is 6.92 Å². The van der Waals surface area contributed by atoms with Crippen molar-refractivity contribution >= 4 is 40.5 Å². The lowest BCUT2D eigenvalue weighted by Gasteiger charge is -2.08. The molecule has 0 aliphatic carbocycles. The molecule has 7 heteroatoms. The summed E-state index contributed by atoms with van der Waals surface area (Å²) in [4.78, 5) is 24.1. The van der Waals surface area contributed by atoms with Crippen LogP contribution in [0.2, 0.25) is 5.02 Å². The maximum atomic E-state index is 11.8. The molecule has 5 nitrogen and oxygen atoms in total. The number of methoxy groups -OCH3 is 1. The molecule has 1 aromatic heterocycles. The van der Waals surface area contributed by atoms with Crippen molar-refractivity contribution in [3.8, 4) is 5.75 Å². The predicted molar refractivity (Wildman–Crippen MR) is 86.0 cm³/mol. The molecule has 0 fully saturated rings. The highest BCUT2D eigenvalue weighted by Crippen LogP contribution is 2.27. The molecule has 116 valence electrons. The second-order valence-corrected chi connectivity index (χ2v) is 5.73. The fourth-order valence-electron chi connectivity index (χ4n) is 1.72. The van der Waals surface area contributed by atoms with Gasteiger partial charge in [-0.25, -0.2) is 4.79 Å². The van der Waals surface area contributed by atoms with Gasteiger partial charge in [0.15, 0.2) is 6.61 Å². The third-order valence-electron chi connectivity index (χ3n) is 2.82. The van der Waals surface area contributed by atoms with E-state index in [1.165, 1.54) is 18.4 Å². The number of aryl methyl sites for hydroxylation is 1. The van der Waals surface area contributed by atoms with Crippen LogP contribution in [0.3, 0.4) is 0 Å². The second kappa shape index (κ2) is 7.29. The summed E-state index contributed by atoms with van der Waals surface area (Å²) in [6.45, 7) is 1.45. The van der Waals surface area contributed by atoms with Gasteiger partial charge in [0.05, 0.1) is 12.1 Å². The van der Waals surface area contributed by atoms with Crippen molar-refractivity contribution in [1.82, 2.24) is 0 Å². The van der Waals surface area contributed by atoms with E-state index in [0.717, 1.165) is 5.56 Å². The molecular weight excluding hydrogens is 326 g/mol. The summed E-state index contributed by atoms with van der Waals surface area (Å²) >= 11 is 7.25. The number of halogens is 1. The van der Waals surface area contributed by atoms with E-state index in [1.54, 1.807) is 23.6 Å². The SMILES string of the molecule is COc1ccc(NC(=O)COC(=O)c2sccc2C)cc1Cl. The molecular formula is C15H14ClNO4S. The van der Waals surface area contributed by atoms with E-state index in [9.17, 15) is 9.59 Å². The van der Waals surface area contributed by atoms with E-state index >= 15 is 0 Å². The van der Waals surface area contributed by atoms with Gasteiger partial charge in [-0.05, 0) is 42.1 Å². The van der Waals surface area contributed by atoms with Crippen LogP contribution in [0.1, 0.15) is 15.2 Å². The summed E-state index contributed by atoms with van der Waals surface area (Å²) in [5, 5.41) is 4.77. The van der Waals surface area contributed by atoms with Gasteiger partial charge in [-0.1, -0.05) is 11.6 Å². The number of nitrogens with one attached hydrogen (secondary N) is 1. The van der Waals surface area contributed by atoms with Crippen LogP contribution in [0.5, 0.6) is 5.75 Å². The molecule has 0 aliphatic heterocycles. The molecule has 1 heterocycles. The van der Waals surface area contributed by atoms with Crippen LogP contribution in [-0.2, 0) is 9.53 Å². The minimum absolute atomic E-state index is 0.361. The minimum atomic E-state index is -0.504. The number of amides is 1. The van der Waals surface area contributed by atoms with E-state index in [1.807, 2.05) is 13.0 Å². The monoisotopic (exact) mass is 339 g/mol. The van der Waals surface area contributed by atoms with Crippen LogP contribution < -0.4 is 10.1 Å². The molecule has 2 rings (SSSR count). The van der Waals surface area contributed by atoms with Gasteiger partial charge in [-0.2, -0.15) is 0 Å². The van der Waals surface area contributed by atoms with E-state index in [0.29, 0.717) is 21.3 Å². The molecule has 1 N–H and O–H groups in total. The first-order valence-corrected chi connectivity index (χ1v) is 7.61. The third kappa shape index (κ3) is 3.99. The Labute approximate surface area is 136 Å². The number of thiophene rings is 1. The second-order valence-electron chi connectivity index (χ2n) is 4.41. The van der Waals surface area contributed by atoms with Gasteiger partial charge in [0.1, 0.15) is 10.6 Å². The zero-order chi connectivity index (χ0) is 16.1. The topological polar surface area (TPSA) is 64.6 Å². The molecule has 0 saturated heterocycles. The minimum Gasteiger partial charge on any atom is -0.495 e. The first-order valence-electron chi connectivity index (χ1n) is 6.36. The van der Waals surface area contributed by atoms with Gasteiger partial charge in [0, 0.05) is 5.69 Å². The van der Waals surface area contributed by atoms with Crippen molar-refractivity contribution < 1.29 is 19.1 Å². The molecule has 0 atom stereocenters. The Balaban J connectivity index is 1.89. The van der Waals surface area contributed by atoms with Crippen LogP contribution in [0, 0.1) is 6.92 Å². The average Bonchev–Trinajstić information content (AvgIpc) is 2.91. The standard InChI is InChI=1S/C15H14ClNO4S/c1-9-5-6-22-14(9)15(19)21-8-13(18)17-10-3-4-12(20-2)11(16)7-10/h3-7H,8H2,1-2H3,(H,17,18). The van der Waals surface area contributed by atoms with E-state index < -0.39 is 11.9 Å². The molecule has 1 aromatic carbocycles. The van der Waals surface area contributed by atoms with Crippen LogP contribution >= 0.6 is 22.9 Å². The van der Waals surface area contributed by atoms with E-state index in [4.69, 9.17) is 21.1 Å². The molecule has 0 saturated carbocycles. The molecule has 2 aromatic rings. The summed E-state index contributed by atoms with van der Waals surface area (Å²) in [5.41, 5.74) is 1.33. The quantitative estimate of drug-likeness (QED) is 0.846. The van der Waals surface area contributed by atoms with Crippen LogP contribution in [0.4, 0.5) is 5.69 Å². The highest BCUT2D eigenvalue weighted by molar-refractivity contribution is 7.12. The lowest BCUT2D eigenvalue weighted by Crippen LogP contribution is -2.20. The van der Waals surface area contributed by atoms with Crippen molar-refractivity contribution in [3.63, 3.8) is 0 Å². The first-order chi connectivity index (χ1) is 10.5. The number of carbonyl (C=O) groups excluding carboxylic acids is 2. The van der Waals surface area contributed by atoms with Crippen LogP contribution in [0.15, 0.2) is 29.6 Å². The molecule has 0 aliphatic rings. The van der Waals surface area contributed by atoms with Gasteiger partial charge >= 0.3 is 5.97 Å².